The van der Waals surface area contributed by atoms with Crippen LogP contribution in [0.1, 0.15) is 18.4 Å². The van der Waals surface area contributed by atoms with E-state index in [1.165, 1.54) is 5.56 Å². The molecule has 100 valence electrons. The average molecular weight is 314 g/mol. The summed E-state index contributed by atoms with van der Waals surface area (Å²) in [7, 11) is 1.67. The molecule has 0 saturated heterocycles. The highest BCUT2D eigenvalue weighted by Crippen LogP contribution is 2.05. The molecule has 0 aliphatic rings. The summed E-state index contributed by atoms with van der Waals surface area (Å²) in [6.45, 7) is 1.35. The number of carbonyl (C=O) groups is 1. The molecule has 1 unspecified atom stereocenters. The molecule has 1 aromatic rings. The first-order valence-electron chi connectivity index (χ1n) is 6.16. The standard InChI is InChI=1S/C14H20BrNO2/c1-18-11-13(15)9-10-16-14(17)8-7-12-5-3-2-4-6-12/h2-6,13H,7-11H2,1H3,(H,16,17). The number of carbonyl (C=O) groups excluding carboxylic acids is 1. The van der Waals surface area contributed by atoms with Crippen molar-refractivity contribution in [3.8, 4) is 0 Å². The van der Waals surface area contributed by atoms with Gasteiger partial charge in [-0.2, -0.15) is 0 Å². The molecule has 3 nitrogen and oxygen atoms in total. The number of ether oxygens (including phenoxy) is 1. The molecule has 0 saturated carbocycles. The second kappa shape index (κ2) is 9.11. The molecule has 0 bridgehead atoms. The van der Waals surface area contributed by atoms with Gasteiger partial charge < -0.3 is 10.1 Å². The van der Waals surface area contributed by atoms with Gasteiger partial charge in [0, 0.05) is 24.9 Å². The van der Waals surface area contributed by atoms with Crippen molar-refractivity contribution in [2.75, 3.05) is 20.3 Å². The van der Waals surface area contributed by atoms with Crippen molar-refractivity contribution >= 4 is 21.8 Å². The summed E-state index contributed by atoms with van der Waals surface area (Å²) < 4.78 is 5.01. The lowest BCUT2D eigenvalue weighted by Gasteiger charge is -2.09. The number of aryl methyl sites for hydroxylation is 1. The lowest BCUT2D eigenvalue weighted by Crippen LogP contribution is -2.27. The third-order valence-electron chi connectivity index (χ3n) is 2.61. The summed E-state index contributed by atoms with van der Waals surface area (Å²) >= 11 is 3.49. The molecule has 0 aromatic heterocycles. The van der Waals surface area contributed by atoms with Crippen LogP contribution in [0.15, 0.2) is 30.3 Å². The molecule has 1 N–H and O–H groups in total. The summed E-state index contributed by atoms with van der Waals surface area (Å²) in [5, 5.41) is 2.92. The van der Waals surface area contributed by atoms with Crippen molar-refractivity contribution in [2.45, 2.75) is 24.1 Å². The number of benzene rings is 1. The molecule has 0 aliphatic carbocycles. The Morgan fingerprint density at radius 3 is 2.78 bits per heavy atom. The summed E-state index contributed by atoms with van der Waals surface area (Å²) in [6.07, 6.45) is 2.22. The fourth-order valence-electron chi connectivity index (χ4n) is 1.62. The van der Waals surface area contributed by atoms with Gasteiger partial charge in [0.25, 0.3) is 0 Å². The first kappa shape index (κ1) is 15.2. The number of hydrogen-bond donors (Lipinski definition) is 1. The van der Waals surface area contributed by atoms with Gasteiger partial charge in [-0.15, -0.1) is 0 Å². The number of hydrogen-bond acceptors (Lipinski definition) is 2. The molecule has 1 rings (SSSR count). The van der Waals surface area contributed by atoms with E-state index >= 15 is 0 Å². The maximum absolute atomic E-state index is 11.6. The largest absolute Gasteiger partial charge is 0.384 e. The Bertz CT molecular complexity index is 343. The molecule has 18 heavy (non-hydrogen) atoms. The van der Waals surface area contributed by atoms with E-state index in [0.29, 0.717) is 24.4 Å². The lowest BCUT2D eigenvalue weighted by molar-refractivity contribution is -0.121. The summed E-state index contributed by atoms with van der Waals surface area (Å²) in [5.74, 6) is 0.107. The van der Waals surface area contributed by atoms with Gasteiger partial charge >= 0.3 is 0 Å². The molecule has 0 fully saturated rings. The van der Waals surface area contributed by atoms with Crippen LogP contribution in [0.25, 0.3) is 0 Å². The molecule has 0 heterocycles. The van der Waals surface area contributed by atoms with Gasteiger partial charge in [-0.1, -0.05) is 46.3 Å². The van der Waals surface area contributed by atoms with Gasteiger partial charge in [-0.3, -0.25) is 4.79 Å². The maximum Gasteiger partial charge on any atom is 0.220 e. The maximum atomic E-state index is 11.6. The molecule has 0 aliphatic heterocycles. The fraction of sp³-hybridized carbons (Fsp3) is 0.500. The van der Waals surface area contributed by atoms with Gasteiger partial charge in [0.1, 0.15) is 0 Å². The van der Waals surface area contributed by atoms with E-state index in [4.69, 9.17) is 4.74 Å². The van der Waals surface area contributed by atoms with E-state index in [0.717, 1.165) is 12.8 Å². The molecule has 1 aromatic carbocycles. The number of alkyl halides is 1. The van der Waals surface area contributed by atoms with Crippen LogP contribution >= 0.6 is 15.9 Å². The van der Waals surface area contributed by atoms with E-state index in [1.54, 1.807) is 7.11 Å². The van der Waals surface area contributed by atoms with Gasteiger partial charge in [0.2, 0.25) is 5.91 Å². The quantitative estimate of drug-likeness (QED) is 0.749. The Labute approximate surface area is 117 Å². The zero-order chi connectivity index (χ0) is 13.2. The molecular weight excluding hydrogens is 294 g/mol. The smallest absolute Gasteiger partial charge is 0.220 e. The van der Waals surface area contributed by atoms with Crippen LogP contribution in [0.4, 0.5) is 0 Å². The second-order valence-corrected chi connectivity index (χ2v) is 5.47. The molecular formula is C14H20BrNO2. The van der Waals surface area contributed by atoms with Crippen LogP contribution in [0.5, 0.6) is 0 Å². The van der Waals surface area contributed by atoms with E-state index in [2.05, 4.69) is 21.2 Å². The topological polar surface area (TPSA) is 38.3 Å². The van der Waals surface area contributed by atoms with E-state index < -0.39 is 0 Å². The molecule has 4 heteroatoms. The number of halogens is 1. The van der Waals surface area contributed by atoms with Crippen LogP contribution in [0, 0.1) is 0 Å². The number of amides is 1. The van der Waals surface area contributed by atoms with E-state index in [1.807, 2.05) is 30.3 Å². The molecule has 0 radical (unpaired) electrons. The van der Waals surface area contributed by atoms with Crippen molar-refractivity contribution in [3.05, 3.63) is 35.9 Å². The monoisotopic (exact) mass is 313 g/mol. The zero-order valence-electron chi connectivity index (χ0n) is 10.7. The summed E-state index contributed by atoms with van der Waals surface area (Å²) in [6, 6.07) is 10.1. The lowest BCUT2D eigenvalue weighted by atomic mass is 10.1. The minimum Gasteiger partial charge on any atom is -0.384 e. The predicted octanol–water partition coefficient (Wildman–Crippen LogP) is 2.54. The second-order valence-electron chi connectivity index (χ2n) is 4.18. The Hall–Kier alpha value is -0.870. The molecule has 0 spiro atoms. The average Bonchev–Trinajstić information content (AvgIpc) is 2.38. The highest BCUT2D eigenvalue weighted by atomic mass is 79.9. The van der Waals surface area contributed by atoms with Crippen molar-refractivity contribution < 1.29 is 9.53 Å². The third-order valence-corrected chi connectivity index (χ3v) is 3.33. The van der Waals surface area contributed by atoms with Gasteiger partial charge in [0.05, 0.1) is 6.61 Å². The summed E-state index contributed by atoms with van der Waals surface area (Å²) in [5.41, 5.74) is 1.20. The van der Waals surface area contributed by atoms with Crippen LogP contribution < -0.4 is 5.32 Å². The normalized spacial score (nSPS) is 12.1. The van der Waals surface area contributed by atoms with Crippen molar-refractivity contribution in [3.63, 3.8) is 0 Å². The van der Waals surface area contributed by atoms with Gasteiger partial charge in [-0.05, 0) is 18.4 Å². The van der Waals surface area contributed by atoms with Crippen LogP contribution in [-0.2, 0) is 16.0 Å². The number of rotatable bonds is 8. The van der Waals surface area contributed by atoms with Crippen molar-refractivity contribution in [1.29, 1.82) is 0 Å². The summed E-state index contributed by atoms with van der Waals surface area (Å²) in [4.78, 5) is 11.9. The van der Waals surface area contributed by atoms with Gasteiger partial charge in [-0.25, -0.2) is 0 Å². The molecule has 1 atom stereocenters. The van der Waals surface area contributed by atoms with E-state index in [9.17, 15) is 4.79 Å². The van der Waals surface area contributed by atoms with Crippen LogP contribution in [0.2, 0.25) is 0 Å². The Kier molecular flexibility index (Phi) is 7.69. The SMILES string of the molecule is COCC(Br)CCNC(=O)CCc1ccccc1. The highest BCUT2D eigenvalue weighted by molar-refractivity contribution is 9.09. The molecule has 1 amide bonds. The Balaban J connectivity index is 2.11. The minimum absolute atomic E-state index is 0.107. The predicted molar refractivity (Wildman–Crippen MR) is 77.0 cm³/mol. The minimum atomic E-state index is 0.107. The highest BCUT2D eigenvalue weighted by Gasteiger charge is 2.05. The first-order chi connectivity index (χ1) is 8.72. The van der Waals surface area contributed by atoms with Gasteiger partial charge in [0.15, 0.2) is 0 Å². The Morgan fingerprint density at radius 1 is 1.39 bits per heavy atom. The van der Waals surface area contributed by atoms with Crippen molar-refractivity contribution in [2.24, 2.45) is 0 Å². The number of methoxy groups -OCH3 is 1. The van der Waals surface area contributed by atoms with Crippen LogP contribution in [-0.4, -0.2) is 31.0 Å². The fourth-order valence-corrected chi connectivity index (χ4v) is 2.12. The third kappa shape index (κ3) is 6.77. The first-order valence-corrected chi connectivity index (χ1v) is 7.07. The zero-order valence-corrected chi connectivity index (χ0v) is 12.3. The van der Waals surface area contributed by atoms with Crippen molar-refractivity contribution in [1.82, 2.24) is 5.32 Å². The van der Waals surface area contributed by atoms with E-state index in [-0.39, 0.29) is 5.91 Å². The number of nitrogens with one attached hydrogen (secondary N) is 1. The Morgan fingerprint density at radius 2 is 2.11 bits per heavy atom. The van der Waals surface area contributed by atoms with Crippen LogP contribution in [0.3, 0.4) is 0 Å².